The Morgan fingerprint density at radius 1 is 1.39 bits per heavy atom. The van der Waals surface area contributed by atoms with E-state index in [9.17, 15) is 15.2 Å². The number of nitro benzene ring substituents is 1. The summed E-state index contributed by atoms with van der Waals surface area (Å²) in [6.45, 7) is 4.86. The van der Waals surface area contributed by atoms with Gasteiger partial charge in [-0.2, -0.15) is 0 Å². The van der Waals surface area contributed by atoms with Crippen LogP contribution >= 0.6 is 11.9 Å². The van der Waals surface area contributed by atoms with Crippen molar-refractivity contribution in [2.45, 2.75) is 31.9 Å². The van der Waals surface area contributed by atoms with Crippen LogP contribution in [-0.4, -0.2) is 28.1 Å². The van der Waals surface area contributed by atoms with Gasteiger partial charge in [0.1, 0.15) is 0 Å². The molecule has 3 aliphatic carbocycles. The number of non-ortho nitro benzene ring substituents is 1. The second-order valence-electron chi connectivity index (χ2n) is 7.17. The van der Waals surface area contributed by atoms with E-state index in [1.54, 1.807) is 30.3 Å². The maximum Gasteiger partial charge on any atom is 0.269 e. The highest BCUT2D eigenvalue weighted by molar-refractivity contribution is 7.98. The summed E-state index contributed by atoms with van der Waals surface area (Å²) in [6.07, 6.45) is 4.09. The van der Waals surface area contributed by atoms with Gasteiger partial charge in [-0.3, -0.25) is 10.1 Å². The number of hydrogen-bond acceptors (Lipinski definition) is 5. The molecule has 0 aromatic heterocycles. The van der Waals surface area contributed by atoms with Crippen molar-refractivity contribution in [2.75, 3.05) is 6.61 Å². The van der Waals surface area contributed by atoms with Gasteiger partial charge >= 0.3 is 0 Å². The van der Waals surface area contributed by atoms with Gasteiger partial charge in [0.2, 0.25) is 0 Å². The lowest BCUT2D eigenvalue weighted by Gasteiger charge is -2.61. The van der Waals surface area contributed by atoms with Crippen LogP contribution in [0.4, 0.5) is 5.69 Å². The third kappa shape index (κ3) is 3.02. The lowest BCUT2D eigenvalue weighted by Crippen LogP contribution is -2.57. The molecule has 1 aromatic rings. The van der Waals surface area contributed by atoms with Gasteiger partial charge in [0.15, 0.2) is 0 Å². The molecule has 1 aromatic carbocycles. The van der Waals surface area contributed by atoms with Crippen LogP contribution in [0.25, 0.3) is 0 Å². The predicted molar refractivity (Wildman–Crippen MR) is 92.6 cm³/mol. The van der Waals surface area contributed by atoms with Crippen molar-refractivity contribution in [2.24, 2.45) is 27.6 Å². The third-order valence-electron chi connectivity index (χ3n) is 5.77. The Labute approximate surface area is 140 Å². The summed E-state index contributed by atoms with van der Waals surface area (Å²) < 4.78 is 4.45. The van der Waals surface area contributed by atoms with Gasteiger partial charge in [-0.25, -0.2) is 4.40 Å². The minimum absolute atomic E-state index is 0.0877. The lowest BCUT2D eigenvalue weighted by molar-refractivity contribution is -0.384. The van der Waals surface area contributed by atoms with E-state index < -0.39 is 4.92 Å². The molecular weight excluding hydrogens is 312 g/mol. The normalized spacial score (nSPS) is 31.8. The second kappa shape index (κ2) is 6.24. The van der Waals surface area contributed by atoms with Crippen LogP contribution in [-0.2, 0) is 0 Å². The zero-order valence-corrected chi connectivity index (χ0v) is 14.2. The fourth-order valence-corrected chi connectivity index (χ4v) is 5.20. The average Bonchev–Trinajstić information content (AvgIpc) is 2.54. The Morgan fingerprint density at radius 2 is 2.09 bits per heavy atom. The molecule has 3 fully saturated rings. The van der Waals surface area contributed by atoms with E-state index in [-0.39, 0.29) is 12.3 Å². The number of hydrogen-bond donors (Lipinski definition) is 1. The summed E-state index contributed by atoms with van der Waals surface area (Å²) in [5.41, 5.74) is 1.29. The summed E-state index contributed by atoms with van der Waals surface area (Å²) in [6, 6.07) is 6.38. The molecule has 4 rings (SSSR count). The van der Waals surface area contributed by atoms with Gasteiger partial charge < -0.3 is 5.11 Å². The number of benzene rings is 1. The molecule has 0 heterocycles. The first-order chi connectivity index (χ1) is 10.9. The van der Waals surface area contributed by atoms with Crippen molar-refractivity contribution in [3.63, 3.8) is 0 Å². The first-order valence-electron chi connectivity index (χ1n) is 7.98. The minimum atomic E-state index is -0.405. The van der Waals surface area contributed by atoms with Crippen LogP contribution < -0.4 is 0 Å². The first-order valence-corrected chi connectivity index (χ1v) is 8.81. The molecule has 3 saturated carbocycles. The maximum absolute atomic E-state index is 10.6. The maximum atomic E-state index is 10.6. The topological polar surface area (TPSA) is 75.7 Å². The minimum Gasteiger partial charge on any atom is -0.396 e. The molecule has 0 aliphatic heterocycles. The van der Waals surface area contributed by atoms with E-state index in [2.05, 4.69) is 18.2 Å². The Kier molecular flexibility index (Phi) is 4.47. The second-order valence-corrected chi connectivity index (χ2v) is 8.20. The summed E-state index contributed by atoms with van der Waals surface area (Å²) in [5, 5.41) is 20.8. The van der Waals surface area contributed by atoms with E-state index in [0.717, 1.165) is 17.9 Å². The fraction of sp³-hybridized carbons (Fsp3) is 0.588. The Bertz CT molecular complexity index is 615. The Balaban J connectivity index is 1.61. The van der Waals surface area contributed by atoms with Crippen molar-refractivity contribution in [1.29, 1.82) is 0 Å². The number of fused-ring (bicyclic) bond motifs is 2. The number of nitrogens with zero attached hydrogens (tertiary/aromatic N) is 2. The van der Waals surface area contributed by atoms with E-state index in [1.165, 1.54) is 18.6 Å². The summed E-state index contributed by atoms with van der Waals surface area (Å²) in [7, 11) is 0. The largest absolute Gasteiger partial charge is 0.396 e. The van der Waals surface area contributed by atoms with Gasteiger partial charge in [-0.15, -0.1) is 0 Å². The molecule has 0 radical (unpaired) electrons. The molecule has 4 atom stereocenters. The van der Waals surface area contributed by atoms with Crippen molar-refractivity contribution in [3.05, 3.63) is 39.9 Å². The monoisotopic (exact) mass is 334 g/mol. The van der Waals surface area contributed by atoms with Gasteiger partial charge in [-0.1, -0.05) is 13.8 Å². The number of aliphatic hydroxyl groups is 1. The third-order valence-corrected chi connectivity index (χ3v) is 6.81. The fourth-order valence-electron chi connectivity index (χ4n) is 4.11. The molecule has 23 heavy (non-hydrogen) atoms. The van der Waals surface area contributed by atoms with Gasteiger partial charge in [0, 0.05) is 30.2 Å². The molecule has 124 valence electrons. The van der Waals surface area contributed by atoms with Crippen LogP contribution in [0.2, 0.25) is 0 Å². The molecule has 3 aliphatic rings. The van der Waals surface area contributed by atoms with Crippen LogP contribution in [0, 0.1) is 33.3 Å². The molecule has 0 spiro atoms. The first kappa shape index (κ1) is 16.5. The highest BCUT2D eigenvalue weighted by Gasteiger charge is 2.57. The SMILES string of the molecule is CC1(C)[C@H]2C[C@H](S/N=C/c3ccc([N+](=O)[O-])cc3)[C@@H](CO)[C@@H]1C2. The van der Waals surface area contributed by atoms with E-state index >= 15 is 0 Å². The van der Waals surface area contributed by atoms with Crippen molar-refractivity contribution < 1.29 is 10.0 Å². The highest BCUT2D eigenvalue weighted by atomic mass is 32.2. The summed E-state index contributed by atoms with van der Waals surface area (Å²) in [5.74, 6) is 1.65. The Hall–Kier alpha value is -1.40. The zero-order chi connectivity index (χ0) is 16.6. The van der Waals surface area contributed by atoms with E-state index in [4.69, 9.17) is 0 Å². The van der Waals surface area contributed by atoms with Crippen LogP contribution in [0.3, 0.4) is 0 Å². The molecular formula is C17H22N2O3S. The molecule has 0 amide bonds. The number of aliphatic hydroxyl groups excluding tert-OH is 1. The molecule has 1 N–H and O–H groups in total. The Morgan fingerprint density at radius 3 is 2.65 bits per heavy atom. The van der Waals surface area contributed by atoms with Crippen molar-refractivity contribution >= 4 is 23.8 Å². The molecule has 6 heteroatoms. The van der Waals surface area contributed by atoms with E-state index in [0.29, 0.717) is 22.5 Å². The van der Waals surface area contributed by atoms with Crippen LogP contribution in [0.5, 0.6) is 0 Å². The number of nitro groups is 1. The number of rotatable bonds is 5. The highest BCUT2D eigenvalue weighted by Crippen LogP contribution is 2.63. The predicted octanol–water partition coefficient (Wildman–Crippen LogP) is 3.71. The summed E-state index contributed by atoms with van der Waals surface area (Å²) in [4.78, 5) is 10.2. The lowest BCUT2D eigenvalue weighted by atomic mass is 9.45. The van der Waals surface area contributed by atoms with Gasteiger partial charge in [0.05, 0.1) is 4.92 Å². The molecule has 0 unspecified atom stereocenters. The van der Waals surface area contributed by atoms with Crippen LogP contribution in [0.15, 0.2) is 28.7 Å². The van der Waals surface area contributed by atoms with Gasteiger partial charge in [-0.05, 0) is 65.7 Å². The molecule has 0 saturated heterocycles. The average molecular weight is 334 g/mol. The van der Waals surface area contributed by atoms with Crippen LogP contribution in [0.1, 0.15) is 32.3 Å². The van der Waals surface area contributed by atoms with Gasteiger partial charge in [0.25, 0.3) is 5.69 Å². The summed E-state index contributed by atoms with van der Waals surface area (Å²) >= 11 is 1.55. The van der Waals surface area contributed by atoms with E-state index in [1.807, 2.05) is 0 Å². The molecule has 5 nitrogen and oxygen atoms in total. The van der Waals surface area contributed by atoms with Crippen molar-refractivity contribution in [3.8, 4) is 0 Å². The van der Waals surface area contributed by atoms with Crippen molar-refractivity contribution in [1.82, 2.24) is 0 Å². The zero-order valence-electron chi connectivity index (χ0n) is 13.4. The standard InChI is InChI=1S/C17H22N2O3S/c1-17(2)12-7-15(17)14(10-20)16(8-12)23-18-9-11-3-5-13(6-4-11)19(21)22/h3-6,9,12,14-16,20H,7-8,10H2,1-2H3/b18-9+/t12-,14+,15+,16+/m1/s1. The molecule has 2 bridgehead atoms. The smallest absolute Gasteiger partial charge is 0.269 e. The quantitative estimate of drug-likeness (QED) is 0.385.